The monoisotopic (exact) mass is 314 g/mol. The zero-order chi connectivity index (χ0) is 16.2. The molecule has 1 aliphatic heterocycles. The van der Waals surface area contributed by atoms with Crippen molar-refractivity contribution in [3.8, 4) is 11.6 Å². The number of carbonyl (C=O) groups is 1. The van der Waals surface area contributed by atoms with Gasteiger partial charge >= 0.3 is 5.97 Å². The van der Waals surface area contributed by atoms with Gasteiger partial charge in [0.05, 0.1) is 36.4 Å². The van der Waals surface area contributed by atoms with Gasteiger partial charge in [0.15, 0.2) is 5.75 Å². The average Bonchev–Trinajstić information content (AvgIpc) is 2.97. The van der Waals surface area contributed by atoms with E-state index >= 15 is 0 Å². The minimum absolute atomic E-state index is 0.0130. The largest absolute Gasteiger partial charge is 0.480 e. The lowest BCUT2D eigenvalue weighted by molar-refractivity contribution is -0.138. The van der Waals surface area contributed by atoms with Crippen molar-refractivity contribution in [2.24, 2.45) is 0 Å². The summed E-state index contributed by atoms with van der Waals surface area (Å²) in [4.78, 5) is 25.7. The molecule has 2 aromatic rings. The van der Waals surface area contributed by atoms with E-state index < -0.39 is 5.97 Å². The van der Waals surface area contributed by atoms with Crippen LogP contribution in [-0.2, 0) is 4.79 Å². The van der Waals surface area contributed by atoms with Gasteiger partial charge in [-0.05, 0) is 38.4 Å². The molecule has 0 amide bonds. The van der Waals surface area contributed by atoms with Crippen LogP contribution in [0.2, 0.25) is 0 Å². The topological polar surface area (TPSA) is 88.4 Å². The number of carboxylic acid groups (broad SMARTS) is 1. The zero-order valence-electron chi connectivity index (χ0n) is 12.8. The van der Waals surface area contributed by atoms with Gasteiger partial charge in [-0.2, -0.15) is 0 Å². The third-order valence-corrected chi connectivity index (χ3v) is 3.85. The molecule has 120 valence electrons. The molecule has 1 fully saturated rings. The molecule has 0 spiro atoms. The summed E-state index contributed by atoms with van der Waals surface area (Å²) in [7, 11) is 0. The molecule has 1 atom stereocenters. The standard InChI is InChI=1S/C16H18N4O3/c1-11-14(5-2-6-18-11)23-15-9-17-8-12(19-15)13-4-3-7-20(13)10-16(21)22/h2,5-6,8-9,13H,3-4,7,10H2,1H3,(H,21,22)/t13-/m1/s1. The first-order valence-electron chi connectivity index (χ1n) is 7.51. The van der Waals surface area contributed by atoms with Crippen molar-refractivity contribution in [1.29, 1.82) is 0 Å². The van der Waals surface area contributed by atoms with E-state index in [9.17, 15) is 4.79 Å². The Kier molecular flexibility index (Phi) is 4.47. The number of aryl methyl sites for hydroxylation is 1. The molecule has 0 aliphatic carbocycles. The van der Waals surface area contributed by atoms with Crippen molar-refractivity contribution in [3.63, 3.8) is 0 Å². The maximum Gasteiger partial charge on any atom is 0.317 e. The number of hydrogen-bond acceptors (Lipinski definition) is 6. The fraction of sp³-hybridized carbons (Fsp3) is 0.375. The number of nitrogens with zero attached hydrogens (tertiary/aromatic N) is 4. The molecule has 0 saturated carbocycles. The number of pyridine rings is 1. The maximum atomic E-state index is 11.0. The SMILES string of the molecule is Cc1ncccc1Oc1cncc([C@H]2CCCN2CC(=O)O)n1. The van der Waals surface area contributed by atoms with Gasteiger partial charge < -0.3 is 9.84 Å². The first kappa shape index (κ1) is 15.4. The van der Waals surface area contributed by atoms with E-state index in [4.69, 9.17) is 9.84 Å². The van der Waals surface area contributed by atoms with Gasteiger partial charge in [-0.3, -0.25) is 19.7 Å². The first-order valence-corrected chi connectivity index (χ1v) is 7.51. The Labute approximate surface area is 134 Å². The van der Waals surface area contributed by atoms with Gasteiger partial charge in [0.1, 0.15) is 0 Å². The van der Waals surface area contributed by atoms with Crippen LogP contribution in [0.4, 0.5) is 0 Å². The summed E-state index contributed by atoms with van der Waals surface area (Å²) >= 11 is 0. The Hall–Kier alpha value is -2.54. The number of hydrogen-bond donors (Lipinski definition) is 1. The van der Waals surface area contributed by atoms with E-state index in [2.05, 4.69) is 15.0 Å². The van der Waals surface area contributed by atoms with E-state index in [0.29, 0.717) is 11.6 Å². The van der Waals surface area contributed by atoms with Crippen LogP contribution in [0, 0.1) is 6.92 Å². The van der Waals surface area contributed by atoms with Gasteiger partial charge in [0.25, 0.3) is 0 Å². The third-order valence-electron chi connectivity index (χ3n) is 3.85. The molecule has 23 heavy (non-hydrogen) atoms. The Morgan fingerprint density at radius 1 is 1.48 bits per heavy atom. The van der Waals surface area contributed by atoms with Crippen LogP contribution in [0.25, 0.3) is 0 Å². The van der Waals surface area contributed by atoms with Gasteiger partial charge in [0.2, 0.25) is 5.88 Å². The molecule has 2 aromatic heterocycles. The molecule has 1 saturated heterocycles. The van der Waals surface area contributed by atoms with Gasteiger partial charge in [0, 0.05) is 6.20 Å². The highest BCUT2D eigenvalue weighted by atomic mass is 16.5. The van der Waals surface area contributed by atoms with E-state index in [1.807, 2.05) is 17.9 Å². The van der Waals surface area contributed by atoms with Crippen molar-refractivity contribution in [3.05, 3.63) is 42.1 Å². The molecular formula is C16H18N4O3. The quantitative estimate of drug-likeness (QED) is 0.905. The van der Waals surface area contributed by atoms with Crippen LogP contribution in [0.5, 0.6) is 11.6 Å². The highest BCUT2D eigenvalue weighted by molar-refractivity contribution is 5.69. The smallest absolute Gasteiger partial charge is 0.317 e. The first-order chi connectivity index (χ1) is 11.1. The molecule has 0 radical (unpaired) electrons. The van der Waals surface area contributed by atoms with E-state index in [-0.39, 0.29) is 12.6 Å². The Balaban J connectivity index is 1.80. The highest BCUT2D eigenvalue weighted by Crippen LogP contribution is 2.31. The zero-order valence-corrected chi connectivity index (χ0v) is 12.8. The molecule has 3 heterocycles. The number of likely N-dealkylation sites (tertiary alicyclic amines) is 1. The third kappa shape index (κ3) is 3.62. The van der Waals surface area contributed by atoms with Crippen LogP contribution < -0.4 is 4.74 Å². The predicted octanol–water partition coefficient (Wildman–Crippen LogP) is 2.19. The number of carboxylic acids is 1. The Morgan fingerprint density at radius 3 is 3.13 bits per heavy atom. The summed E-state index contributed by atoms with van der Waals surface area (Å²) in [6.07, 6.45) is 6.75. The number of ether oxygens (including phenoxy) is 1. The lowest BCUT2D eigenvalue weighted by Gasteiger charge is -2.21. The van der Waals surface area contributed by atoms with Crippen molar-refractivity contribution in [2.75, 3.05) is 13.1 Å². The molecule has 7 nitrogen and oxygen atoms in total. The molecule has 0 aromatic carbocycles. The maximum absolute atomic E-state index is 11.0. The minimum atomic E-state index is -0.830. The molecule has 0 bridgehead atoms. The summed E-state index contributed by atoms with van der Waals surface area (Å²) < 4.78 is 5.75. The number of aliphatic carboxylic acids is 1. The lowest BCUT2D eigenvalue weighted by atomic mass is 10.1. The highest BCUT2D eigenvalue weighted by Gasteiger charge is 2.29. The average molecular weight is 314 g/mol. The molecule has 0 unspecified atom stereocenters. The van der Waals surface area contributed by atoms with Crippen LogP contribution >= 0.6 is 0 Å². The van der Waals surface area contributed by atoms with Gasteiger partial charge in [-0.25, -0.2) is 4.98 Å². The molecule has 3 rings (SSSR count). The van der Waals surface area contributed by atoms with E-state index in [1.54, 1.807) is 24.7 Å². The summed E-state index contributed by atoms with van der Waals surface area (Å²) in [6, 6.07) is 3.59. The van der Waals surface area contributed by atoms with E-state index in [1.165, 1.54) is 0 Å². The number of rotatable bonds is 5. The Morgan fingerprint density at radius 2 is 2.35 bits per heavy atom. The minimum Gasteiger partial charge on any atom is -0.480 e. The normalized spacial score (nSPS) is 18.0. The molecule has 7 heteroatoms. The molecule has 1 N–H and O–H groups in total. The fourth-order valence-corrected chi connectivity index (χ4v) is 2.79. The molecular weight excluding hydrogens is 296 g/mol. The summed E-state index contributed by atoms with van der Waals surface area (Å²) in [5.74, 6) is 0.191. The van der Waals surface area contributed by atoms with Crippen molar-refractivity contribution >= 4 is 5.97 Å². The molecule has 1 aliphatic rings. The second kappa shape index (κ2) is 6.70. The number of aromatic nitrogens is 3. The summed E-state index contributed by atoms with van der Waals surface area (Å²) in [6.45, 7) is 2.63. The van der Waals surface area contributed by atoms with Crippen LogP contribution in [0.3, 0.4) is 0 Å². The summed E-state index contributed by atoms with van der Waals surface area (Å²) in [5, 5.41) is 9.01. The van der Waals surface area contributed by atoms with Crippen LogP contribution in [-0.4, -0.2) is 44.0 Å². The second-order valence-electron chi connectivity index (χ2n) is 5.49. The second-order valence-corrected chi connectivity index (χ2v) is 5.49. The van der Waals surface area contributed by atoms with Crippen molar-refractivity contribution in [2.45, 2.75) is 25.8 Å². The van der Waals surface area contributed by atoms with Gasteiger partial charge in [-0.15, -0.1) is 0 Å². The van der Waals surface area contributed by atoms with Gasteiger partial charge in [-0.1, -0.05) is 0 Å². The lowest BCUT2D eigenvalue weighted by Crippen LogP contribution is -2.29. The van der Waals surface area contributed by atoms with Crippen molar-refractivity contribution in [1.82, 2.24) is 19.9 Å². The predicted molar refractivity (Wildman–Crippen MR) is 82.3 cm³/mol. The van der Waals surface area contributed by atoms with E-state index in [0.717, 1.165) is 30.8 Å². The van der Waals surface area contributed by atoms with Crippen LogP contribution in [0.1, 0.15) is 30.3 Å². The Bertz CT molecular complexity index is 707. The summed E-state index contributed by atoms with van der Waals surface area (Å²) in [5.41, 5.74) is 1.51. The van der Waals surface area contributed by atoms with Crippen LogP contribution in [0.15, 0.2) is 30.7 Å². The fourth-order valence-electron chi connectivity index (χ4n) is 2.79. The van der Waals surface area contributed by atoms with Crippen molar-refractivity contribution < 1.29 is 14.6 Å².